The zero-order valence-corrected chi connectivity index (χ0v) is 14.4. The minimum absolute atomic E-state index is 0.00765. The van der Waals surface area contributed by atoms with Gasteiger partial charge in [0.2, 0.25) is 5.91 Å². The van der Waals surface area contributed by atoms with E-state index in [-0.39, 0.29) is 11.8 Å². The van der Waals surface area contributed by atoms with Crippen LogP contribution in [0.15, 0.2) is 36.5 Å². The third-order valence-electron chi connectivity index (χ3n) is 5.28. The molecule has 2 aliphatic heterocycles. The first kappa shape index (κ1) is 15.9. The van der Waals surface area contributed by atoms with Crippen molar-refractivity contribution in [3.8, 4) is 0 Å². The summed E-state index contributed by atoms with van der Waals surface area (Å²) in [6, 6.07) is 9.58. The Bertz CT molecular complexity index is 828. The molecule has 2 aliphatic rings. The molecule has 1 fully saturated rings. The van der Waals surface area contributed by atoms with E-state index in [4.69, 9.17) is 0 Å². The van der Waals surface area contributed by atoms with Crippen molar-refractivity contribution in [3.05, 3.63) is 47.8 Å². The Morgan fingerprint density at radius 3 is 3.00 bits per heavy atom. The Kier molecular flexibility index (Phi) is 3.82. The maximum Gasteiger partial charge on any atom is 0.272 e. The Hall–Kier alpha value is -2.63. The first-order chi connectivity index (χ1) is 12.2. The van der Waals surface area contributed by atoms with Gasteiger partial charge in [0.15, 0.2) is 0 Å². The molecule has 4 rings (SSSR count). The molecule has 0 saturated carbocycles. The molecule has 3 heterocycles. The van der Waals surface area contributed by atoms with E-state index in [2.05, 4.69) is 17.3 Å². The van der Waals surface area contributed by atoms with Gasteiger partial charge in [-0.15, -0.1) is 0 Å². The van der Waals surface area contributed by atoms with E-state index < -0.39 is 5.41 Å². The lowest BCUT2D eigenvalue weighted by atomic mass is 9.75. The average molecular weight is 338 g/mol. The van der Waals surface area contributed by atoms with Crippen LogP contribution in [0.1, 0.15) is 42.2 Å². The van der Waals surface area contributed by atoms with Crippen LogP contribution in [0.2, 0.25) is 0 Å². The second kappa shape index (κ2) is 6.02. The van der Waals surface area contributed by atoms with Gasteiger partial charge < -0.3 is 10.2 Å². The SMILES string of the molecule is CCCn1nccc1C(=O)N1CCC[C@@]2(C1)C(=O)Nc1ccccc12. The number of aromatic nitrogens is 2. The molecule has 1 aromatic carbocycles. The Morgan fingerprint density at radius 1 is 1.32 bits per heavy atom. The van der Waals surface area contributed by atoms with E-state index in [1.54, 1.807) is 16.9 Å². The number of carbonyl (C=O) groups excluding carboxylic acids is 2. The molecule has 0 aliphatic carbocycles. The van der Waals surface area contributed by atoms with Crippen LogP contribution in [0.25, 0.3) is 0 Å². The first-order valence-corrected chi connectivity index (χ1v) is 8.88. The smallest absolute Gasteiger partial charge is 0.272 e. The number of piperidine rings is 1. The maximum atomic E-state index is 13.0. The number of anilines is 1. The molecule has 1 atom stereocenters. The number of fused-ring (bicyclic) bond motifs is 2. The van der Waals surface area contributed by atoms with Gasteiger partial charge in [-0.1, -0.05) is 25.1 Å². The Balaban J connectivity index is 1.65. The average Bonchev–Trinajstić information content (AvgIpc) is 3.19. The van der Waals surface area contributed by atoms with Gasteiger partial charge in [-0.05, 0) is 37.0 Å². The number of aryl methyl sites for hydroxylation is 1. The topological polar surface area (TPSA) is 67.2 Å². The molecule has 0 bridgehead atoms. The van der Waals surface area contributed by atoms with E-state index in [9.17, 15) is 9.59 Å². The number of nitrogens with zero attached hydrogens (tertiary/aromatic N) is 3. The van der Waals surface area contributed by atoms with Crippen LogP contribution in [0.3, 0.4) is 0 Å². The van der Waals surface area contributed by atoms with Gasteiger partial charge in [-0.3, -0.25) is 14.3 Å². The molecule has 2 aromatic rings. The molecule has 6 nitrogen and oxygen atoms in total. The van der Waals surface area contributed by atoms with E-state index in [0.29, 0.717) is 18.8 Å². The van der Waals surface area contributed by atoms with Gasteiger partial charge in [-0.2, -0.15) is 5.10 Å². The fourth-order valence-electron chi connectivity index (χ4n) is 4.07. The van der Waals surface area contributed by atoms with Crippen LogP contribution in [0.4, 0.5) is 5.69 Å². The number of para-hydroxylation sites is 1. The normalized spacial score (nSPS) is 22.1. The summed E-state index contributed by atoms with van der Waals surface area (Å²) < 4.78 is 1.76. The number of likely N-dealkylation sites (tertiary alicyclic amines) is 1. The minimum atomic E-state index is -0.625. The highest BCUT2D eigenvalue weighted by atomic mass is 16.2. The highest BCUT2D eigenvalue weighted by Crippen LogP contribution is 2.43. The molecule has 130 valence electrons. The number of nitrogens with one attached hydrogen (secondary N) is 1. The van der Waals surface area contributed by atoms with Crippen LogP contribution in [-0.2, 0) is 16.8 Å². The fraction of sp³-hybridized carbons (Fsp3) is 0.421. The molecule has 2 amide bonds. The molecule has 1 N–H and O–H groups in total. The van der Waals surface area contributed by atoms with Crippen LogP contribution in [0, 0.1) is 0 Å². The highest BCUT2D eigenvalue weighted by Gasteiger charge is 2.50. The number of hydrogen-bond donors (Lipinski definition) is 1. The minimum Gasteiger partial charge on any atom is -0.336 e. The van der Waals surface area contributed by atoms with Gasteiger partial charge in [0, 0.05) is 31.5 Å². The van der Waals surface area contributed by atoms with Crippen LogP contribution in [-0.4, -0.2) is 39.6 Å². The van der Waals surface area contributed by atoms with Gasteiger partial charge in [-0.25, -0.2) is 0 Å². The van der Waals surface area contributed by atoms with Gasteiger partial charge in [0.1, 0.15) is 5.69 Å². The Labute approximate surface area is 146 Å². The van der Waals surface area contributed by atoms with Crippen LogP contribution < -0.4 is 5.32 Å². The summed E-state index contributed by atoms with van der Waals surface area (Å²) in [5.74, 6) is -0.0320. The molecule has 6 heteroatoms. The van der Waals surface area contributed by atoms with E-state index in [1.165, 1.54) is 0 Å². The number of hydrogen-bond acceptors (Lipinski definition) is 3. The molecular formula is C19H22N4O2. The summed E-state index contributed by atoms with van der Waals surface area (Å²) in [4.78, 5) is 27.6. The molecule has 0 unspecified atom stereocenters. The third kappa shape index (κ3) is 2.44. The molecular weight excluding hydrogens is 316 g/mol. The second-order valence-corrected chi connectivity index (χ2v) is 6.85. The number of amides is 2. The van der Waals surface area contributed by atoms with Crippen molar-refractivity contribution in [1.82, 2.24) is 14.7 Å². The molecule has 25 heavy (non-hydrogen) atoms. The molecule has 1 saturated heterocycles. The lowest BCUT2D eigenvalue weighted by Crippen LogP contribution is -2.52. The zero-order chi connectivity index (χ0) is 17.4. The summed E-state index contributed by atoms with van der Waals surface area (Å²) in [6.07, 6.45) is 4.17. The van der Waals surface area contributed by atoms with Crippen molar-refractivity contribution in [3.63, 3.8) is 0 Å². The van der Waals surface area contributed by atoms with Crippen molar-refractivity contribution in [2.75, 3.05) is 18.4 Å². The summed E-state index contributed by atoms with van der Waals surface area (Å²) in [5.41, 5.74) is 1.86. The van der Waals surface area contributed by atoms with Crippen molar-refractivity contribution in [1.29, 1.82) is 0 Å². The third-order valence-corrected chi connectivity index (χ3v) is 5.28. The molecule has 0 radical (unpaired) electrons. The van der Waals surface area contributed by atoms with Crippen LogP contribution in [0.5, 0.6) is 0 Å². The maximum absolute atomic E-state index is 13.0. The zero-order valence-electron chi connectivity index (χ0n) is 14.4. The lowest BCUT2D eigenvalue weighted by molar-refractivity contribution is -0.122. The summed E-state index contributed by atoms with van der Waals surface area (Å²) in [7, 11) is 0. The van der Waals surface area contributed by atoms with E-state index >= 15 is 0 Å². The number of carbonyl (C=O) groups is 2. The lowest BCUT2D eigenvalue weighted by Gasteiger charge is -2.39. The summed E-state index contributed by atoms with van der Waals surface area (Å²) in [6.45, 7) is 3.88. The van der Waals surface area contributed by atoms with Crippen molar-refractivity contribution < 1.29 is 9.59 Å². The fourth-order valence-corrected chi connectivity index (χ4v) is 4.07. The standard InChI is InChI=1S/C19H22N4O2/c1-2-11-23-16(8-10-20-23)17(24)22-12-5-9-19(13-22)14-6-3-4-7-15(14)21-18(19)25/h3-4,6-8,10H,2,5,9,11-13H2,1H3,(H,21,25)/t19-/m0/s1. The van der Waals surface area contributed by atoms with Crippen molar-refractivity contribution in [2.45, 2.75) is 38.1 Å². The Morgan fingerprint density at radius 2 is 2.16 bits per heavy atom. The van der Waals surface area contributed by atoms with Crippen LogP contribution >= 0.6 is 0 Å². The summed E-state index contributed by atoms with van der Waals surface area (Å²) >= 11 is 0. The number of benzene rings is 1. The highest BCUT2D eigenvalue weighted by molar-refractivity contribution is 6.07. The summed E-state index contributed by atoms with van der Waals surface area (Å²) in [5, 5.41) is 7.24. The van der Waals surface area contributed by atoms with E-state index in [1.807, 2.05) is 29.2 Å². The predicted molar refractivity (Wildman–Crippen MR) is 94.4 cm³/mol. The second-order valence-electron chi connectivity index (χ2n) is 6.85. The first-order valence-electron chi connectivity index (χ1n) is 8.88. The monoisotopic (exact) mass is 338 g/mol. The van der Waals surface area contributed by atoms with Crippen molar-refractivity contribution in [2.24, 2.45) is 0 Å². The van der Waals surface area contributed by atoms with Gasteiger partial charge >= 0.3 is 0 Å². The quantitative estimate of drug-likeness (QED) is 0.934. The molecule has 1 aromatic heterocycles. The predicted octanol–water partition coefficient (Wildman–Crippen LogP) is 2.42. The molecule has 1 spiro atoms. The van der Waals surface area contributed by atoms with Crippen molar-refractivity contribution >= 4 is 17.5 Å². The van der Waals surface area contributed by atoms with Gasteiger partial charge in [0.05, 0.1) is 5.41 Å². The number of rotatable bonds is 3. The van der Waals surface area contributed by atoms with Gasteiger partial charge in [0.25, 0.3) is 5.91 Å². The van der Waals surface area contributed by atoms with E-state index in [0.717, 1.165) is 37.1 Å². The largest absolute Gasteiger partial charge is 0.336 e.